The molecule has 0 saturated carbocycles. The molecule has 1 N–H and O–H groups in total. The van der Waals surface area contributed by atoms with Crippen LogP contribution in [0.2, 0.25) is 0 Å². The van der Waals surface area contributed by atoms with Gasteiger partial charge < -0.3 is 5.32 Å². The fourth-order valence-electron chi connectivity index (χ4n) is 2.66. The smallest absolute Gasteiger partial charge is 0.232 e. The molecule has 0 aromatic heterocycles. The van der Waals surface area contributed by atoms with Gasteiger partial charge in [0.1, 0.15) is 0 Å². The van der Waals surface area contributed by atoms with E-state index in [1.807, 2.05) is 31.2 Å². The van der Waals surface area contributed by atoms with Crippen molar-refractivity contribution in [2.45, 2.75) is 26.8 Å². The Hall–Kier alpha value is -2.67. The highest BCUT2D eigenvalue weighted by molar-refractivity contribution is 7.92. The summed E-state index contributed by atoms with van der Waals surface area (Å²) < 4.78 is 25.5. The molecule has 0 bridgehead atoms. The fourth-order valence-corrected chi connectivity index (χ4v) is 3.58. The monoisotopic (exact) mass is 388 g/mol. The molecule has 0 aliphatic carbocycles. The summed E-state index contributed by atoms with van der Waals surface area (Å²) in [5.41, 5.74) is 2.89. The highest BCUT2D eigenvalue weighted by atomic mass is 32.2. The quantitative estimate of drug-likeness (QED) is 0.705. The van der Waals surface area contributed by atoms with Gasteiger partial charge in [-0.1, -0.05) is 36.4 Å². The summed E-state index contributed by atoms with van der Waals surface area (Å²) in [7, 11) is -3.59. The molecule has 2 aromatic rings. The summed E-state index contributed by atoms with van der Waals surface area (Å²) >= 11 is 0. The van der Waals surface area contributed by atoms with Crippen molar-refractivity contribution >= 4 is 27.4 Å². The van der Waals surface area contributed by atoms with Crippen LogP contribution in [-0.2, 0) is 21.4 Å². The zero-order chi connectivity index (χ0) is 20.0. The minimum absolute atomic E-state index is 0.000202. The number of Topliss-reactive ketones (excluding diaryl/α,β-unsaturated/α-hetero) is 1. The van der Waals surface area contributed by atoms with E-state index in [0.717, 1.165) is 21.7 Å². The third kappa shape index (κ3) is 5.92. The van der Waals surface area contributed by atoms with Crippen LogP contribution >= 0.6 is 0 Å². The van der Waals surface area contributed by atoms with Crippen LogP contribution in [0.3, 0.4) is 0 Å². The molecule has 0 aliphatic heterocycles. The summed E-state index contributed by atoms with van der Waals surface area (Å²) in [6.07, 6.45) is 1.10. The van der Waals surface area contributed by atoms with E-state index in [2.05, 4.69) is 5.32 Å². The maximum Gasteiger partial charge on any atom is 0.232 e. The number of sulfonamides is 1. The first kappa shape index (κ1) is 20.6. The van der Waals surface area contributed by atoms with Crippen LogP contribution in [0.15, 0.2) is 48.5 Å². The lowest BCUT2D eigenvalue weighted by atomic mass is 10.1. The van der Waals surface area contributed by atoms with Crippen LogP contribution < -0.4 is 9.62 Å². The molecule has 0 radical (unpaired) electrons. The minimum atomic E-state index is -3.59. The predicted octanol–water partition coefficient (Wildman–Crippen LogP) is 2.67. The second kappa shape index (κ2) is 8.81. The highest BCUT2D eigenvalue weighted by Crippen LogP contribution is 2.20. The largest absolute Gasteiger partial charge is 0.352 e. The number of rotatable bonds is 8. The third-order valence-corrected chi connectivity index (χ3v) is 5.41. The number of nitrogens with zero attached hydrogens (tertiary/aromatic N) is 1. The number of aryl methyl sites for hydroxylation is 1. The number of hydrogen-bond donors (Lipinski definition) is 1. The van der Waals surface area contributed by atoms with Crippen LogP contribution in [-0.4, -0.2) is 32.9 Å². The molecule has 0 heterocycles. The maximum absolute atomic E-state index is 12.2. The van der Waals surface area contributed by atoms with Crippen LogP contribution in [0.5, 0.6) is 0 Å². The minimum Gasteiger partial charge on any atom is -0.352 e. The molecule has 0 unspecified atom stereocenters. The number of carbonyl (C=O) groups is 2. The third-order valence-electron chi connectivity index (χ3n) is 4.22. The average Bonchev–Trinajstić information content (AvgIpc) is 2.60. The zero-order valence-electron chi connectivity index (χ0n) is 15.7. The van der Waals surface area contributed by atoms with Gasteiger partial charge in [-0.25, -0.2) is 8.42 Å². The van der Waals surface area contributed by atoms with Gasteiger partial charge in [-0.3, -0.25) is 13.9 Å². The number of carbonyl (C=O) groups excluding carboxylic acids is 2. The second-order valence-corrected chi connectivity index (χ2v) is 8.30. The first-order valence-electron chi connectivity index (χ1n) is 8.58. The number of hydrogen-bond acceptors (Lipinski definition) is 4. The number of nitrogens with one attached hydrogen (secondary N) is 1. The normalized spacial score (nSPS) is 11.1. The van der Waals surface area contributed by atoms with E-state index >= 15 is 0 Å². The molecular formula is C20H24N2O4S. The number of anilines is 1. The summed E-state index contributed by atoms with van der Waals surface area (Å²) in [5, 5.41) is 2.81. The molecule has 144 valence electrons. The van der Waals surface area contributed by atoms with Gasteiger partial charge in [-0.2, -0.15) is 0 Å². The van der Waals surface area contributed by atoms with E-state index in [9.17, 15) is 18.0 Å². The molecule has 1 amide bonds. The Morgan fingerprint density at radius 3 is 2.41 bits per heavy atom. The first-order valence-corrected chi connectivity index (χ1v) is 10.4. The lowest BCUT2D eigenvalue weighted by molar-refractivity contribution is -0.121. The van der Waals surface area contributed by atoms with E-state index < -0.39 is 10.0 Å². The van der Waals surface area contributed by atoms with E-state index in [0.29, 0.717) is 17.8 Å². The molecular weight excluding hydrogens is 364 g/mol. The van der Waals surface area contributed by atoms with Crippen molar-refractivity contribution in [1.82, 2.24) is 5.32 Å². The maximum atomic E-state index is 12.2. The topological polar surface area (TPSA) is 83.6 Å². The Morgan fingerprint density at radius 1 is 1.07 bits per heavy atom. The van der Waals surface area contributed by atoms with Gasteiger partial charge in [-0.05, 0) is 37.1 Å². The highest BCUT2D eigenvalue weighted by Gasteiger charge is 2.19. The molecule has 2 rings (SSSR count). The Labute approximate surface area is 160 Å². The van der Waals surface area contributed by atoms with E-state index in [1.165, 1.54) is 13.0 Å². The lowest BCUT2D eigenvalue weighted by Gasteiger charge is -2.22. The van der Waals surface area contributed by atoms with Gasteiger partial charge in [0, 0.05) is 25.1 Å². The summed E-state index contributed by atoms with van der Waals surface area (Å²) in [4.78, 5) is 23.7. The molecule has 6 nitrogen and oxygen atoms in total. The van der Waals surface area contributed by atoms with E-state index in [-0.39, 0.29) is 24.7 Å². The number of benzene rings is 2. The molecule has 2 aromatic carbocycles. The Bertz CT molecular complexity index is 939. The van der Waals surface area contributed by atoms with Crippen molar-refractivity contribution in [1.29, 1.82) is 0 Å². The van der Waals surface area contributed by atoms with Crippen molar-refractivity contribution < 1.29 is 18.0 Å². The molecule has 0 spiro atoms. The van der Waals surface area contributed by atoms with Gasteiger partial charge in [0.25, 0.3) is 0 Å². The van der Waals surface area contributed by atoms with Crippen LogP contribution in [0.1, 0.15) is 34.8 Å². The van der Waals surface area contributed by atoms with Gasteiger partial charge in [0.05, 0.1) is 11.9 Å². The SMILES string of the molecule is CC(=O)c1cccc(N(CCC(=O)NCc2ccccc2C)S(C)(=O)=O)c1. The van der Waals surface area contributed by atoms with Crippen LogP contribution in [0.4, 0.5) is 5.69 Å². The van der Waals surface area contributed by atoms with Gasteiger partial charge >= 0.3 is 0 Å². The zero-order valence-corrected chi connectivity index (χ0v) is 16.5. The lowest BCUT2D eigenvalue weighted by Crippen LogP contribution is -2.34. The molecule has 0 aliphatic rings. The number of ketones is 1. The standard InChI is InChI=1S/C20H24N2O4S/c1-15-7-4-5-8-18(15)14-21-20(24)11-12-22(27(3,25)26)19-10-6-9-17(13-19)16(2)23/h4-10,13H,11-12,14H2,1-3H3,(H,21,24). The Balaban J connectivity index is 2.05. The predicted molar refractivity (Wildman–Crippen MR) is 106 cm³/mol. The second-order valence-electron chi connectivity index (χ2n) is 6.39. The van der Waals surface area contributed by atoms with Crippen molar-refractivity contribution in [2.75, 3.05) is 17.1 Å². The van der Waals surface area contributed by atoms with Gasteiger partial charge in [-0.15, -0.1) is 0 Å². The fraction of sp³-hybridized carbons (Fsp3) is 0.300. The molecule has 0 atom stereocenters. The van der Waals surface area contributed by atoms with Crippen molar-refractivity contribution in [2.24, 2.45) is 0 Å². The molecule has 27 heavy (non-hydrogen) atoms. The van der Waals surface area contributed by atoms with Crippen molar-refractivity contribution in [3.8, 4) is 0 Å². The molecule has 0 saturated heterocycles. The van der Waals surface area contributed by atoms with Gasteiger partial charge in [0.2, 0.25) is 15.9 Å². The average molecular weight is 388 g/mol. The Morgan fingerprint density at radius 2 is 1.78 bits per heavy atom. The van der Waals surface area contributed by atoms with Crippen LogP contribution in [0.25, 0.3) is 0 Å². The summed E-state index contributed by atoms with van der Waals surface area (Å²) in [6.45, 7) is 3.78. The van der Waals surface area contributed by atoms with E-state index in [4.69, 9.17) is 0 Å². The summed E-state index contributed by atoms with van der Waals surface area (Å²) in [5.74, 6) is -0.393. The first-order chi connectivity index (χ1) is 12.7. The number of amides is 1. The van der Waals surface area contributed by atoms with Gasteiger partial charge in [0.15, 0.2) is 5.78 Å². The molecule has 7 heteroatoms. The van der Waals surface area contributed by atoms with E-state index in [1.54, 1.807) is 18.2 Å². The summed E-state index contributed by atoms with van der Waals surface area (Å²) in [6, 6.07) is 14.1. The van der Waals surface area contributed by atoms with Crippen molar-refractivity contribution in [3.05, 3.63) is 65.2 Å². The van der Waals surface area contributed by atoms with Crippen LogP contribution in [0, 0.1) is 6.92 Å². The Kier molecular flexibility index (Phi) is 6.74. The molecule has 0 fully saturated rings. The van der Waals surface area contributed by atoms with Crippen molar-refractivity contribution in [3.63, 3.8) is 0 Å².